The van der Waals surface area contributed by atoms with Gasteiger partial charge < -0.3 is 10.4 Å². The van der Waals surface area contributed by atoms with E-state index in [-0.39, 0.29) is 28.7 Å². The zero-order valence-corrected chi connectivity index (χ0v) is 19.9. The fraction of sp³-hybridized carbons (Fsp3) is 0.238. The molecule has 206 valence electrons. The lowest BCUT2D eigenvalue weighted by Gasteiger charge is -2.15. The first-order valence-corrected chi connectivity index (χ1v) is 11.0. The molecule has 1 amide bonds. The minimum absolute atomic E-state index is 0.125. The second-order valence-corrected chi connectivity index (χ2v) is 8.31. The molecule has 0 bridgehead atoms. The molecule has 0 spiro atoms. The van der Waals surface area contributed by atoms with E-state index in [2.05, 4.69) is 20.2 Å². The van der Waals surface area contributed by atoms with E-state index in [0.29, 0.717) is 9.59 Å². The number of nitrogens with one attached hydrogen (secondary N) is 1. The van der Waals surface area contributed by atoms with Crippen LogP contribution in [0.2, 0.25) is 5.02 Å². The number of aliphatic hydroxyl groups is 1. The van der Waals surface area contributed by atoms with E-state index in [1.165, 1.54) is 36.5 Å². The summed E-state index contributed by atoms with van der Waals surface area (Å²) in [6.07, 6.45) is -10.8. The lowest BCUT2D eigenvalue weighted by Crippen LogP contribution is -2.37. The smallest absolute Gasteiger partial charge is 0.382 e. The number of hydrogen-bond donors (Lipinski definition) is 2. The third kappa shape index (κ3) is 6.26. The first kappa shape index (κ1) is 27.8. The Hall–Kier alpha value is -4.25. The van der Waals surface area contributed by atoms with Crippen molar-refractivity contribution < 1.29 is 36.2 Å². The number of pyridine rings is 1. The Labute approximate surface area is 218 Å². The summed E-state index contributed by atoms with van der Waals surface area (Å²) in [7, 11) is 0. The molecular weight excluding hydrogens is 562 g/mol. The summed E-state index contributed by atoms with van der Waals surface area (Å²) in [4.78, 5) is 32.2. The van der Waals surface area contributed by atoms with Crippen LogP contribution < -0.4 is 11.0 Å². The number of aliphatic hydroxyl groups excluding tert-OH is 1. The van der Waals surface area contributed by atoms with E-state index < -0.39 is 43.1 Å². The van der Waals surface area contributed by atoms with E-state index >= 15 is 0 Å². The monoisotopic (exact) mass is 576 g/mol. The lowest BCUT2D eigenvalue weighted by molar-refractivity contribution is -0.207. The number of benzene rings is 1. The highest BCUT2D eigenvalue weighted by molar-refractivity contribution is 6.30. The summed E-state index contributed by atoms with van der Waals surface area (Å²) in [5.74, 6) is -2.81. The van der Waals surface area contributed by atoms with Crippen LogP contribution in [0.3, 0.4) is 0 Å². The van der Waals surface area contributed by atoms with Crippen LogP contribution in [0.1, 0.15) is 5.82 Å². The van der Waals surface area contributed by atoms with Gasteiger partial charge in [-0.05, 0) is 36.4 Å². The van der Waals surface area contributed by atoms with Crippen molar-refractivity contribution in [3.63, 3.8) is 0 Å². The molecule has 0 saturated heterocycles. The Morgan fingerprint density at radius 2 is 1.74 bits per heavy atom. The van der Waals surface area contributed by atoms with Crippen LogP contribution in [0.15, 0.2) is 53.7 Å². The van der Waals surface area contributed by atoms with Gasteiger partial charge in [-0.25, -0.2) is 24.1 Å². The number of aromatic nitrogens is 7. The second-order valence-electron chi connectivity index (χ2n) is 7.87. The van der Waals surface area contributed by atoms with Gasteiger partial charge >= 0.3 is 23.9 Å². The molecule has 1 atom stereocenters. The molecule has 3 heterocycles. The summed E-state index contributed by atoms with van der Waals surface area (Å²) in [5.41, 5.74) is -1.15. The summed E-state index contributed by atoms with van der Waals surface area (Å²) >= 11 is 5.86. The number of halogens is 7. The maximum atomic E-state index is 13.0. The summed E-state index contributed by atoms with van der Waals surface area (Å²) in [6.45, 7) is -1.63. The summed E-state index contributed by atoms with van der Waals surface area (Å²) in [6, 6.07) is 8.09. The van der Waals surface area contributed by atoms with Gasteiger partial charge in [-0.15, -0.1) is 10.2 Å². The standard InChI is InChI=1S/C21H15ClF6N8O3/c22-12-5-3-11(4-6-12)16-33-35(19(39)34(16)8-14(37)20(23,24)25)9-15-30-10-36(32-15)17-13(2-1-7-29-17)31-18(38)21(26,27)28/h1-7,10,14,37H,8-9H2,(H,31,38)/t14-/m0/s1. The van der Waals surface area contributed by atoms with E-state index in [0.717, 1.165) is 21.8 Å². The SMILES string of the molecule is O=C(Nc1cccnc1-n1cnc(Cn2nc(-c3ccc(Cl)cc3)n(C[C@H](O)C(F)(F)F)c2=O)n1)C(F)(F)F. The predicted molar refractivity (Wildman–Crippen MR) is 122 cm³/mol. The second kappa shape index (κ2) is 10.5. The van der Waals surface area contributed by atoms with Gasteiger partial charge in [-0.1, -0.05) is 11.6 Å². The van der Waals surface area contributed by atoms with Crippen molar-refractivity contribution in [2.45, 2.75) is 31.5 Å². The Kier molecular flexibility index (Phi) is 7.47. The fourth-order valence-corrected chi connectivity index (χ4v) is 3.40. The van der Waals surface area contributed by atoms with E-state index in [1.54, 1.807) is 5.32 Å². The molecule has 18 heteroatoms. The third-order valence-electron chi connectivity index (χ3n) is 5.10. The van der Waals surface area contributed by atoms with Gasteiger partial charge in [0.1, 0.15) is 12.9 Å². The van der Waals surface area contributed by atoms with Gasteiger partial charge in [-0.2, -0.15) is 26.3 Å². The number of rotatable bonds is 7. The summed E-state index contributed by atoms with van der Waals surface area (Å²) < 4.78 is 79.4. The first-order chi connectivity index (χ1) is 18.2. The van der Waals surface area contributed by atoms with Crippen molar-refractivity contribution in [1.82, 2.24) is 34.1 Å². The highest BCUT2D eigenvalue weighted by atomic mass is 35.5. The highest BCUT2D eigenvalue weighted by Crippen LogP contribution is 2.25. The molecule has 0 fully saturated rings. The number of carbonyl (C=O) groups excluding carboxylic acids is 1. The quantitative estimate of drug-likeness (QED) is 0.323. The fourth-order valence-electron chi connectivity index (χ4n) is 3.27. The zero-order chi connectivity index (χ0) is 28.5. The number of amides is 1. The molecule has 0 aliphatic carbocycles. The molecule has 11 nitrogen and oxygen atoms in total. The van der Waals surface area contributed by atoms with Crippen LogP contribution in [0.25, 0.3) is 17.2 Å². The first-order valence-electron chi connectivity index (χ1n) is 10.7. The van der Waals surface area contributed by atoms with Crippen molar-refractivity contribution in [3.05, 3.63) is 70.3 Å². The molecule has 2 N–H and O–H groups in total. The Bertz CT molecular complexity index is 1540. The molecule has 0 unspecified atom stereocenters. The molecular formula is C21H15ClF6N8O3. The molecule has 3 aromatic heterocycles. The molecule has 0 aliphatic heterocycles. The van der Waals surface area contributed by atoms with Crippen molar-refractivity contribution in [1.29, 1.82) is 0 Å². The largest absolute Gasteiger partial charge is 0.471 e. The Morgan fingerprint density at radius 3 is 2.38 bits per heavy atom. The van der Waals surface area contributed by atoms with Gasteiger partial charge in [0.2, 0.25) is 0 Å². The van der Waals surface area contributed by atoms with Gasteiger partial charge in [0.15, 0.2) is 23.6 Å². The number of anilines is 1. The normalized spacial score (nSPS) is 12.9. The van der Waals surface area contributed by atoms with Crippen molar-refractivity contribution in [3.8, 4) is 17.2 Å². The molecule has 4 aromatic rings. The highest BCUT2D eigenvalue weighted by Gasteiger charge is 2.40. The topological polar surface area (TPSA) is 133 Å². The van der Waals surface area contributed by atoms with E-state index in [1.807, 2.05) is 0 Å². The van der Waals surface area contributed by atoms with Gasteiger partial charge in [0.25, 0.3) is 0 Å². The van der Waals surface area contributed by atoms with E-state index in [9.17, 15) is 41.0 Å². The Morgan fingerprint density at radius 1 is 1.05 bits per heavy atom. The maximum absolute atomic E-state index is 13.0. The van der Waals surface area contributed by atoms with Crippen molar-refractivity contribution in [2.24, 2.45) is 0 Å². The maximum Gasteiger partial charge on any atom is 0.471 e. The molecule has 39 heavy (non-hydrogen) atoms. The molecule has 4 rings (SSSR count). The van der Waals surface area contributed by atoms with Crippen LogP contribution in [0.5, 0.6) is 0 Å². The van der Waals surface area contributed by atoms with Gasteiger partial charge in [-0.3, -0.25) is 9.36 Å². The minimum Gasteiger partial charge on any atom is -0.382 e. The van der Waals surface area contributed by atoms with Crippen molar-refractivity contribution >= 4 is 23.2 Å². The number of hydrogen-bond acceptors (Lipinski definition) is 7. The predicted octanol–water partition coefficient (Wildman–Crippen LogP) is 2.81. The minimum atomic E-state index is -5.16. The van der Waals surface area contributed by atoms with Crippen LogP contribution in [-0.2, 0) is 17.9 Å². The number of carbonyl (C=O) groups is 1. The lowest BCUT2D eigenvalue weighted by atomic mass is 10.2. The van der Waals surface area contributed by atoms with Crippen LogP contribution >= 0.6 is 11.6 Å². The summed E-state index contributed by atoms with van der Waals surface area (Å²) in [5, 5.41) is 19.6. The zero-order valence-electron chi connectivity index (χ0n) is 19.2. The molecule has 0 aliphatic rings. The van der Waals surface area contributed by atoms with Crippen LogP contribution in [0, 0.1) is 0 Å². The van der Waals surface area contributed by atoms with Crippen LogP contribution in [0.4, 0.5) is 32.0 Å². The molecule has 1 aromatic carbocycles. The molecule has 0 saturated carbocycles. The average Bonchev–Trinajstić information content (AvgIpc) is 3.44. The number of alkyl halides is 6. The Balaban J connectivity index is 1.67. The molecule has 0 radical (unpaired) electrons. The van der Waals surface area contributed by atoms with Gasteiger partial charge in [0, 0.05) is 16.8 Å². The number of nitrogens with zero attached hydrogens (tertiary/aromatic N) is 7. The van der Waals surface area contributed by atoms with Gasteiger partial charge in [0.05, 0.1) is 12.2 Å². The average molecular weight is 577 g/mol. The van der Waals surface area contributed by atoms with Crippen molar-refractivity contribution in [2.75, 3.05) is 5.32 Å². The van der Waals surface area contributed by atoms with Crippen LogP contribution in [-0.4, -0.2) is 63.6 Å². The van der Waals surface area contributed by atoms with E-state index in [4.69, 9.17) is 11.6 Å². The third-order valence-corrected chi connectivity index (χ3v) is 5.35.